The molecule has 1 aromatic carbocycles. The Labute approximate surface area is 121 Å². The van der Waals surface area contributed by atoms with Gasteiger partial charge >= 0.3 is 0 Å². The third kappa shape index (κ3) is 3.32. The summed E-state index contributed by atoms with van der Waals surface area (Å²) in [5.74, 6) is 2.38. The average molecular weight is 279 g/mol. The van der Waals surface area contributed by atoms with E-state index in [0.717, 1.165) is 30.2 Å². The zero-order valence-electron chi connectivity index (χ0n) is 12.8. The monoisotopic (exact) mass is 279 g/mol. The molecule has 0 amide bonds. The van der Waals surface area contributed by atoms with Crippen molar-refractivity contribution in [3.63, 3.8) is 0 Å². The summed E-state index contributed by atoms with van der Waals surface area (Å²) in [4.78, 5) is 0. The van der Waals surface area contributed by atoms with Gasteiger partial charge in [-0.1, -0.05) is 19.8 Å². The van der Waals surface area contributed by atoms with Crippen LogP contribution in [-0.2, 0) is 0 Å². The minimum Gasteiger partial charge on any atom is -0.496 e. The number of ether oxygens (including phenoxy) is 1. The summed E-state index contributed by atoms with van der Waals surface area (Å²) in [6.07, 6.45) is 4.85. The van der Waals surface area contributed by atoms with Crippen LogP contribution in [-0.4, -0.2) is 20.7 Å². The van der Waals surface area contributed by atoms with Gasteiger partial charge in [-0.3, -0.25) is 0 Å². The molecule has 0 aliphatic heterocycles. The van der Waals surface area contributed by atoms with Crippen molar-refractivity contribution in [2.75, 3.05) is 20.7 Å². The Morgan fingerprint density at radius 2 is 2.15 bits per heavy atom. The van der Waals surface area contributed by atoms with Gasteiger partial charge in [0.25, 0.3) is 0 Å². The standard InChI is InChI=1S/C17H26FNO/c1-4-12-5-6-13(11-19-2)15(9-12)16-10-14(18)7-8-17(16)20-3/h7-8,10,12-13,15,19H,4-6,9,11H2,1-3H3. The second kappa shape index (κ2) is 7.07. The molecule has 20 heavy (non-hydrogen) atoms. The topological polar surface area (TPSA) is 21.3 Å². The molecule has 1 aliphatic carbocycles. The third-order valence-electron chi connectivity index (χ3n) is 4.74. The van der Waals surface area contributed by atoms with Gasteiger partial charge in [0.15, 0.2) is 0 Å². The fourth-order valence-corrected chi connectivity index (χ4v) is 3.57. The van der Waals surface area contributed by atoms with Crippen LogP contribution in [0.4, 0.5) is 4.39 Å². The number of rotatable bonds is 5. The average Bonchev–Trinajstić information content (AvgIpc) is 2.48. The lowest BCUT2D eigenvalue weighted by Gasteiger charge is -2.37. The highest BCUT2D eigenvalue weighted by molar-refractivity contribution is 5.37. The maximum absolute atomic E-state index is 13.7. The molecule has 2 rings (SSSR count). The number of benzene rings is 1. The largest absolute Gasteiger partial charge is 0.496 e. The third-order valence-corrected chi connectivity index (χ3v) is 4.74. The van der Waals surface area contributed by atoms with Gasteiger partial charge in [0.1, 0.15) is 11.6 Å². The van der Waals surface area contributed by atoms with E-state index in [4.69, 9.17) is 4.74 Å². The van der Waals surface area contributed by atoms with E-state index in [-0.39, 0.29) is 5.82 Å². The van der Waals surface area contributed by atoms with E-state index in [1.165, 1.54) is 25.3 Å². The van der Waals surface area contributed by atoms with Crippen molar-refractivity contribution in [1.29, 1.82) is 0 Å². The van der Waals surface area contributed by atoms with Crippen molar-refractivity contribution in [2.45, 2.75) is 38.5 Å². The zero-order chi connectivity index (χ0) is 14.5. The molecule has 0 bridgehead atoms. The Balaban J connectivity index is 2.31. The maximum Gasteiger partial charge on any atom is 0.123 e. The molecule has 1 aliphatic rings. The van der Waals surface area contributed by atoms with Crippen LogP contribution in [0, 0.1) is 17.7 Å². The molecule has 1 N–H and O–H groups in total. The van der Waals surface area contributed by atoms with Crippen LogP contribution in [0.25, 0.3) is 0 Å². The van der Waals surface area contributed by atoms with Crippen LogP contribution < -0.4 is 10.1 Å². The number of methoxy groups -OCH3 is 1. The van der Waals surface area contributed by atoms with Crippen LogP contribution in [0.15, 0.2) is 18.2 Å². The van der Waals surface area contributed by atoms with Crippen LogP contribution in [0.3, 0.4) is 0 Å². The quantitative estimate of drug-likeness (QED) is 0.880. The highest BCUT2D eigenvalue weighted by atomic mass is 19.1. The highest BCUT2D eigenvalue weighted by Gasteiger charge is 2.32. The summed E-state index contributed by atoms with van der Waals surface area (Å²) in [6, 6.07) is 4.91. The van der Waals surface area contributed by atoms with Crippen molar-refractivity contribution >= 4 is 0 Å². The molecule has 2 nitrogen and oxygen atoms in total. The van der Waals surface area contributed by atoms with E-state index in [0.29, 0.717) is 11.8 Å². The van der Waals surface area contributed by atoms with E-state index in [9.17, 15) is 4.39 Å². The van der Waals surface area contributed by atoms with Crippen molar-refractivity contribution < 1.29 is 9.13 Å². The van der Waals surface area contributed by atoms with E-state index in [1.807, 2.05) is 7.05 Å². The Kier molecular flexibility index (Phi) is 5.41. The highest BCUT2D eigenvalue weighted by Crippen LogP contribution is 2.44. The van der Waals surface area contributed by atoms with Crippen molar-refractivity contribution in [3.8, 4) is 5.75 Å². The summed E-state index contributed by atoms with van der Waals surface area (Å²) in [5, 5.41) is 3.29. The first-order chi connectivity index (χ1) is 9.69. The second-order valence-corrected chi connectivity index (χ2v) is 5.90. The Morgan fingerprint density at radius 3 is 2.80 bits per heavy atom. The fourth-order valence-electron chi connectivity index (χ4n) is 3.57. The Bertz CT molecular complexity index is 435. The van der Waals surface area contributed by atoms with Gasteiger partial charge in [0.2, 0.25) is 0 Å². The van der Waals surface area contributed by atoms with Gasteiger partial charge in [-0.05, 0) is 62.4 Å². The molecule has 0 radical (unpaired) electrons. The number of halogens is 1. The molecule has 3 unspecified atom stereocenters. The van der Waals surface area contributed by atoms with Gasteiger partial charge in [-0.2, -0.15) is 0 Å². The van der Waals surface area contributed by atoms with Crippen LogP contribution in [0.1, 0.15) is 44.1 Å². The van der Waals surface area contributed by atoms with E-state index < -0.39 is 0 Å². The molecule has 3 heteroatoms. The summed E-state index contributed by atoms with van der Waals surface area (Å²) >= 11 is 0. The predicted molar refractivity (Wildman–Crippen MR) is 80.7 cm³/mol. The first kappa shape index (κ1) is 15.3. The lowest BCUT2D eigenvalue weighted by molar-refractivity contribution is 0.224. The normalized spacial score (nSPS) is 26.5. The molecular formula is C17H26FNO. The molecule has 0 saturated heterocycles. The van der Waals surface area contributed by atoms with Crippen LogP contribution in [0.2, 0.25) is 0 Å². The van der Waals surface area contributed by atoms with Crippen molar-refractivity contribution in [3.05, 3.63) is 29.6 Å². The molecule has 3 atom stereocenters. The first-order valence-electron chi connectivity index (χ1n) is 7.67. The van der Waals surface area contributed by atoms with E-state index in [1.54, 1.807) is 19.2 Å². The molecule has 1 fully saturated rings. The smallest absolute Gasteiger partial charge is 0.123 e. The van der Waals surface area contributed by atoms with Crippen molar-refractivity contribution in [1.82, 2.24) is 5.32 Å². The predicted octanol–water partition coefficient (Wildman–Crippen LogP) is 3.96. The molecule has 0 spiro atoms. The van der Waals surface area contributed by atoms with Gasteiger partial charge < -0.3 is 10.1 Å². The molecule has 1 aromatic rings. The number of hydrogen-bond donors (Lipinski definition) is 1. The molecule has 1 saturated carbocycles. The lowest BCUT2D eigenvalue weighted by Crippen LogP contribution is -2.30. The summed E-state index contributed by atoms with van der Waals surface area (Å²) in [5.41, 5.74) is 1.05. The summed E-state index contributed by atoms with van der Waals surface area (Å²) in [7, 11) is 3.66. The van der Waals surface area contributed by atoms with Crippen LogP contribution >= 0.6 is 0 Å². The summed E-state index contributed by atoms with van der Waals surface area (Å²) < 4.78 is 19.1. The zero-order valence-corrected chi connectivity index (χ0v) is 12.8. The second-order valence-electron chi connectivity index (χ2n) is 5.90. The lowest BCUT2D eigenvalue weighted by atomic mass is 9.70. The van der Waals surface area contributed by atoms with Gasteiger partial charge in [-0.15, -0.1) is 0 Å². The number of nitrogens with one attached hydrogen (secondary N) is 1. The molecule has 0 aromatic heterocycles. The number of hydrogen-bond acceptors (Lipinski definition) is 2. The van der Waals surface area contributed by atoms with Gasteiger partial charge in [-0.25, -0.2) is 4.39 Å². The molecule has 0 heterocycles. The van der Waals surface area contributed by atoms with Gasteiger partial charge in [0.05, 0.1) is 7.11 Å². The van der Waals surface area contributed by atoms with Crippen LogP contribution in [0.5, 0.6) is 5.75 Å². The van der Waals surface area contributed by atoms with E-state index >= 15 is 0 Å². The Morgan fingerprint density at radius 1 is 1.35 bits per heavy atom. The first-order valence-corrected chi connectivity index (χ1v) is 7.67. The fraction of sp³-hybridized carbons (Fsp3) is 0.647. The van der Waals surface area contributed by atoms with Crippen molar-refractivity contribution in [2.24, 2.45) is 11.8 Å². The minimum atomic E-state index is -0.164. The molecule has 112 valence electrons. The SMILES string of the molecule is CCC1CCC(CNC)C(c2cc(F)ccc2OC)C1. The van der Waals surface area contributed by atoms with E-state index in [2.05, 4.69) is 12.2 Å². The minimum absolute atomic E-state index is 0.164. The summed E-state index contributed by atoms with van der Waals surface area (Å²) in [6.45, 7) is 3.24. The molecular weight excluding hydrogens is 253 g/mol. The maximum atomic E-state index is 13.7. The van der Waals surface area contributed by atoms with Gasteiger partial charge in [0, 0.05) is 5.56 Å². The Hall–Kier alpha value is -1.09.